The predicted molar refractivity (Wildman–Crippen MR) is 101 cm³/mol. The minimum atomic E-state index is -0.0609. The lowest BCUT2D eigenvalue weighted by molar-refractivity contribution is -0.118. The van der Waals surface area contributed by atoms with Crippen molar-refractivity contribution in [3.05, 3.63) is 57.3 Å². The van der Waals surface area contributed by atoms with Gasteiger partial charge in [-0.15, -0.1) is 0 Å². The van der Waals surface area contributed by atoms with Crippen molar-refractivity contribution in [3.63, 3.8) is 0 Å². The van der Waals surface area contributed by atoms with Gasteiger partial charge in [0.1, 0.15) is 17.4 Å². The fourth-order valence-electron chi connectivity index (χ4n) is 2.77. The van der Waals surface area contributed by atoms with Gasteiger partial charge < -0.3 is 10.1 Å². The lowest BCUT2D eigenvalue weighted by atomic mass is 10.0. The van der Waals surface area contributed by atoms with E-state index in [4.69, 9.17) is 23.2 Å². The predicted octanol–water partition coefficient (Wildman–Crippen LogP) is 5.02. The van der Waals surface area contributed by atoms with E-state index < -0.39 is 0 Å². The van der Waals surface area contributed by atoms with Crippen LogP contribution in [0.15, 0.2) is 30.3 Å². The van der Waals surface area contributed by atoms with E-state index in [0.29, 0.717) is 35.4 Å². The second kappa shape index (κ2) is 7.46. The number of aromatic hydroxyl groups is 1. The number of hydrogen-bond donors (Lipinski definition) is 2. The standard InChI is InChI=1S/C19H18Cl2N2O2/c1-11-14(20)10-12(19(25)18(11)21)9-13(24)5-4-8-17-22-15-6-2-3-7-16(15)23-17/h2-3,6-7,10,25H,4-5,8-9H2,1H3,(H,22,23). The maximum atomic E-state index is 12.2. The van der Waals surface area contributed by atoms with Crippen LogP contribution in [0.3, 0.4) is 0 Å². The van der Waals surface area contributed by atoms with Gasteiger partial charge in [-0.05, 0) is 37.1 Å². The largest absolute Gasteiger partial charge is 0.506 e. The van der Waals surface area contributed by atoms with Crippen LogP contribution in [0.5, 0.6) is 5.75 Å². The number of halogens is 2. The van der Waals surface area contributed by atoms with Gasteiger partial charge in [0.2, 0.25) is 0 Å². The second-order valence-corrected chi connectivity index (χ2v) is 6.86. The SMILES string of the molecule is Cc1c(Cl)cc(CC(=O)CCCc2nc3ccccc3[nH]2)c(O)c1Cl. The molecule has 1 heterocycles. The van der Waals surface area contributed by atoms with Crippen LogP contribution < -0.4 is 0 Å². The maximum absolute atomic E-state index is 12.2. The van der Waals surface area contributed by atoms with Crippen LogP contribution in [-0.4, -0.2) is 20.9 Å². The zero-order valence-corrected chi connectivity index (χ0v) is 15.3. The van der Waals surface area contributed by atoms with E-state index in [1.807, 2.05) is 24.3 Å². The number of nitrogens with one attached hydrogen (secondary N) is 1. The number of fused-ring (bicyclic) bond motifs is 1. The number of aromatic amines is 1. The molecule has 0 aliphatic heterocycles. The lowest BCUT2D eigenvalue weighted by Gasteiger charge is -2.09. The molecule has 4 nitrogen and oxygen atoms in total. The van der Waals surface area contributed by atoms with Gasteiger partial charge in [0.05, 0.1) is 16.1 Å². The van der Waals surface area contributed by atoms with Gasteiger partial charge in [0.25, 0.3) is 0 Å². The van der Waals surface area contributed by atoms with E-state index >= 15 is 0 Å². The molecular weight excluding hydrogens is 359 g/mol. The zero-order chi connectivity index (χ0) is 18.0. The van der Waals surface area contributed by atoms with Gasteiger partial charge in [-0.1, -0.05) is 35.3 Å². The molecular formula is C19H18Cl2N2O2. The number of imidazole rings is 1. The number of Topliss-reactive ketones (excluding diaryl/α,β-unsaturated/α-hetero) is 1. The van der Waals surface area contributed by atoms with Crippen LogP contribution in [0.25, 0.3) is 11.0 Å². The highest BCUT2D eigenvalue weighted by molar-refractivity contribution is 6.37. The number of ketones is 1. The summed E-state index contributed by atoms with van der Waals surface area (Å²) in [5.74, 6) is 0.842. The highest BCUT2D eigenvalue weighted by Gasteiger charge is 2.15. The fraction of sp³-hybridized carbons (Fsp3) is 0.263. The normalized spacial score (nSPS) is 11.2. The van der Waals surface area contributed by atoms with Crippen LogP contribution in [0, 0.1) is 6.92 Å². The molecule has 130 valence electrons. The maximum Gasteiger partial charge on any atom is 0.138 e. The molecule has 0 aliphatic carbocycles. The Morgan fingerprint density at radius 3 is 2.80 bits per heavy atom. The average molecular weight is 377 g/mol. The molecule has 0 bridgehead atoms. The number of phenolic OH excluding ortho intramolecular Hbond substituents is 1. The number of aryl methyl sites for hydroxylation is 1. The third-order valence-corrected chi connectivity index (χ3v) is 5.05. The summed E-state index contributed by atoms with van der Waals surface area (Å²) in [6.45, 7) is 1.73. The van der Waals surface area contributed by atoms with Gasteiger partial charge in [-0.3, -0.25) is 4.79 Å². The summed E-state index contributed by atoms with van der Waals surface area (Å²) in [4.78, 5) is 20.0. The molecule has 2 N–H and O–H groups in total. The van der Waals surface area contributed by atoms with Crippen LogP contribution in [-0.2, 0) is 17.6 Å². The lowest BCUT2D eigenvalue weighted by Crippen LogP contribution is -2.04. The number of rotatable bonds is 6. The van der Waals surface area contributed by atoms with Gasteiger partial charge in [-0.25, -0.2) is 4.98 Å². The summed E-state index contributed by atoms with van der Waals surface area (Å²) in [7, 11) is 0. The Hall–Kier alpha value is -2.04. The number of hydrogen-bond acceptors (Lipinski definition) is 3. The van der Waals surface area contributed by atoms with Crippen molar-refractivity contribution in [2.24, 2.45) is 0 Å². The average Bonchev–Trinajstić information content (AvgIpc) is 3.00. The number of benzene rings is 2. The van der Waals surface area contributed by atoms with Crippen molar-refractivity contribution in [2.45, 2.75) is 32.6 Å². The Morgan fingerprint density at radius 2 is 2.04 bits per heavy atom. The summed E-state index contributed by atoms with van der Waals surface area (Å²) in [5, 5.41) is 10.7. The molecule has 0 radical (unpaired) electrons. The number of carbonyl (C=O) groups is 1. The molecule has 0 aliphatic rings. The minimum Gasteiger partial charge on any atom is -0.506 e. The highest BCUT2D eigenvalue weighted by atomic mass is 35.5. The molecule has 0 amide bonds. The molecule has 25 heavy (non-hydrogen) atoms. The number of aromatic nitrogens is 2. The summed E-state index contributed by atoms with van der Waals surface area (Å²) in [6, 6.07) is 9.44. The summed E-state index contributed by atoms with van der Waals surface area (Å²) < 4.78 is 0. The Kier molecular flexibility index (Phi) is 5.30. The van der Waals surface area contributed by atoms with E-state index in [9.17, 15) is 9.90 Å². The molecule has 0 spiro atoms. The minimum absolute atomic E-state index is 0.0300. The number of nitrogens with zero attached hydrogens (tertiary/aromatic N) is 1. The number of para-hydroxylation sites is 2. The topological polar surface area (TPSA) is 66.0 Å². The first kappa shape index (κ1) is 17.8. The third-order valence-electron chi connectivity index (χ3n) is 4.20. The number of H-pyrrole nitrogens is 1. The summed E-state index contributed by atoms with van der Waals surface area (Å²) in [5.41, 5.74) is 3.01. The van der Waals surface area contributed by atoms with Crippen molar-refractivity contribution in [1.82, 2.24) is 9.97 Å². The number of carbonyl (C=O) groups excluding carboxylic acids is 1. The van der Waals surface area contributed by atoms with Crippen molar-refractivity contribution in [1.29, 1.82) is 0 Å². The second-order valence-electron chi connectivity index (χ2n) is 6.07. The summed E-state index contributed by atoms with van der Waals surface area (Å²) in [6.07, 6.45) is 1.90. The van der Waals surface area contributed by atoms with Crippen LogP contribution in [0.4, 0.5) is 0 Å². The van der Waals surface area contributed by atoms with Crippen LogP contribution in [0.1, 0.15) is 29.8 Å². The Bertz CT molecular complexity index is 902. The van der Waals surface area contributed by atoms with E-state index in [1.54, 1.807) is 13.0 Å². The first-order chi connectivity index (χ1) is 12.0. The summed E-state index contributed by atoms with van der Waals surface area (Å²) >= 11 is 12.1. The Labute approximate surface area is 155 Å². The van der Waals surface area contributed by atoms with Crippen LogP contribution in [0.2, 0.25) is 10.0 Å². The molecule has 6 heteroatoms. The monoisotopic (exact) mass is 376 g/mol. The Morgan fingerprint density at radius 1 is 1.28 bits per heavy atom. The fourth-order valence-corrected chi connectivity index (χ4v) is 3.26. The van der Waals surface area contributed by atoms with E-state index in [-0.39, 0.29) is 23.0 Å². The van der Waals surface area contributed by atoms with Crippen molar-refractivity contribution < 1.29 is 9.90 Å². The smallest absolute Gasteiger partial charge is 0.138 e. The Balaban J connectivity index is 1.58. The molecule has 3 rings (SSSR count). The highest BCUT2D eigenvalue weighted by Crippen LogP contribution is 2.35. The van der Waals surface area contributed by atoms with E-state index in [1.165, 1.54) is 0 Å². The van der Waals surface area contributed by atoms with Gasteiger partial charge in [-0.2, -0.15) is 0 Å². The van der Waals surface area contributed by atoms with E-state index in [0.717, 1.165) is 16.9 Å². The van der Waals surface area contributed by atoms with Crippen molar-refractivity contribution in [2.75, 3.05) is 0 Å². The number of phenols is 1. The molecule has 0 atom stereocenters. The molecule has 0 fully saturated rings. The quantitative estimate of drug-likeness (QED) is 0.634. The molecule has 0 unspecified atom stereocenters. The van der Waals surface area contributed by atoms with Gasteiger partial charge in [0.15, 0.2) is 0 Å². The molecule has 2 aromatic carbocycles. The van der Waals surface area contributed by atoms with Crippen molar-refractivity contribution >= 4 is 40.0 Å². The zero-order valence-electron chi connectivity index (χ0n) is 13.8. The first-order valence-corrected chi connectivity index (χ1v) is 8.83. The van der Waals surface area contributed by atoms with E-state index in [2.05, 4.69) is 9.97 Å². The van der Waals surface area contributed by atoms with Gasteiger partial charge >= 0.3 is 0 Å². The molecule has 0 saturated carbocycles. The third kappa shape index (κ3) is 3.97. The molecule has 0 saturated heterocycles. The van der Waals surface area contributed by atoms with Crippen LogP contribution >= 0.6 is 23.2 Å². The molecule has 3 aromatic rings. The molecule has 1 aromatic heterocycles. The van der Waals surface area contributed by atoms with Gasteiger partial charge in [0, 0.05) is 29.8 Å². The van der Waals surface area contributed by atoms with Crippen molar-refractivity contribution in [3.8, 4) is 5.75 Å². The first-order valence-electron chi connectivity index (χ1n) is 8.07.